The highest BCUT2D eigenvalue weighted by molar-refractivity contribution is 5.88. The monoisotopic (exact) mass is 283 g/mol. The number of ether oxygens (including phenoxy) is 2. The van der Waals surface area contributed by atoms with Gasteiger partial charge in [-0.25, -0.2) is 4.79 Å². The van der Waals surface area contributed by atoms with Gasteiger partial charge in [0, 0.05) is 5.70 Å². The molecule has 1 atom stereocenters. The molecule has 0 saturated heterocycles. The molecule has 20 heavy (non-hydrogen) atoms. The molecule has 1 aliphatic rings. The molecule has 1 heterocycles. The number of esters is 2. The van der Waals surface area contributed by atoms with Crippen LogP contribution in [0.1, 0.15) is 32.1 Å². The number of hydrogen-bond donors (Lipinski definition) is 1. The topological polar surface area (TPSA) is 73.9 Å². The molecule has 0 amide bonds. The Bertz CT molecular complexity index is 404. The Morgan fingerprint density at radius 3 is 2.75 bits per heavy atom. The Morgan fingerprint density at radius 1 is 1.40 bits per heavy atom. The molecule has 0 bridgehead atoms. The van der Waals surface area contributed by atoms with Crippen LogP contribution in [0.15, 0.2) is 24.4 Å². The van der Waals surface area contributed by atoms with Gasteiger partial charge in [0.25, 0.3) is 0 Å². The lowest BCUT2D eigenvalue weighted by Crippen LogP contribution is -2.42. The van der Waals surface area contributed by atoms with Crippen molar-refractivity contribution in [1.82, 2.24) is 5.48 Å². The number of methoxy groups -OCH3 is 2. The summed E-state index contributed by atoms with van der Waals surface area (Å²) in [6.45, 7) is 3.66. The minimum atomic E-state index is -1.43. The highest BCUT2D eigenvalue weighted by atomic mass is 16.7. The summed E-state index contributed by atoms with van der Waals surface area (Å²) in [5, 5.41) is 0. The second kappa shape index (κ2) is 7.69. The molecule has 6 nitrogen and oxygen atoms in total. The molecule has 112 valence electrons. The first-order chi connectivity index (χ1) is 9.57. The van der Waals surface area contributed by atoms with Crippen LogP contribution in [0.2, 0.25) is 0 Å². The molecule has 0 aromatic rings. The van der Waals surface area contributed by atoms with Gasteiger partial charge in [0.05, 0.1) is 20.6 Å². The predicted molar refractivity (Wildman–Crippen MR) is 72.3 cm³/mol. The fraction of sp³-hybridized carbons (Fsp3) is 0.571. The van der Waals surface area contributed by atoms with Gasteiger partial charge < -0.3 is 9.47 Å². The van der Waals surface area contributed by atoms with Gasteiger partial charge >= 0.3 is 11.9 Å². The van der Waals surface area contributed by atoms with Crippen molar-refractivity contribution in [1.29, 1.82) is 0 Å². The molecule has 0 spiro atoms. The molecule has 0 radical (unpaired) electrons. The molecule has 0 fully saturated rings. The van der Waals surface area contributed by atoms with Gasteiger partial charge in [0.15, 0.2) is 0 Å². The van der Waals surface area contributed by atoms with E-state index in [2.05, 4.69) is 16.8 Å². The average Bonchev–Trinajstić information content (AvgIpc) is 2.87. The predicted octanol–water partition coefficient (Wildman–Crippen LogP) is 1.63. The number of unbranched alkanes of at least 4 members (excludes halogenated alkanes) is 2. The van der Waals surface area contributed by atoms with E-state index in [1.165, 1.54) is 14.2 Å². The third kappa shape index (κ3) is 4.09. The van der Waals surface area contributed by atoms with Crippen LogP contribution < -0.4 is 5.48 Å². The van der Waals surface area contributed by atoms with Gasteiger partial charge in [-0.1, -0.05) is 6.08 Å². The fourth-order valence-corrected chi connectivity index (χ4v) is 1.94. The second-order valence-corrected chi connectivity index (χ2v) is 4.54. The molecule has 0 aliphatic carbocycles. The zero-order valence-electron chi connectivity index (χ0n) is 11.9. The van der Waals surface area contributed by atoms with Crippen molar-refractivity contribution in [2.24, 2.45) is 0 Å². The summed E-state index contributed by atoms with van der Waals surface area (Å²) < 4.78 is 9.29. The van der Waals surface area contributed by atoms with Crippen LogP contribution in [0.5, 0.6) is 0 Å². The Labute approximate surface area is 118 Å². The first-order valence-corrected chi connectivity index (χ1v) is 6.50. The van der Waals surface area contributed by atoms with Gasteiger partial charge in [-0.3, -0.25) is 15.1 Å². The molecule has 0 aromatic carbocycles. The van der Waals surface area contributed by atoms with Crippen molar-refractivity contribution in [2.45, 2.75) is 37.7 Å². The van der Waals surface area contributed by atoms with Crippen molar-refractivity contribution in [3.8, 4) is 0 Å². The lowest BCUT2D eigenvalue weighted by Gasteiger charge is -2.20. The molecule has 1 rings (SSSR count). The Balaban J connectivity index is 2.71. The number of hydroxylamine groups is 1. The second-order valence-electron chi connectivity index (χ2n) is 4.54. The van der Waals surface area contributed by atoms with E-state index in [1.54, 1.807) is 6.08 Å². The number of carbonyl (C=O) groups excluding carboxylic acids is 2. The van der Waals surface area contributed by atoms with Crippen molar-refractivity contribution in [3.63, 3.8) is 0 Å². The first-order valence-electron chi connectivity index (χ1n) is 6.50. The van der Waals surface area contributed by atoms with Crippen LogP contribution >= 0.6 is 0 Å². The van der Waals surface area contributed by atoms with Crippen LogP contribution in [0, 0.1) is 0 Å². The lowest BCUT2D eigenvalue weighted by molar-refractivity contribution is -0.173. The molecule has 1 unspecified atom stereocenters. The number of carbonyl (C=O) groups is 2. The van der Waals surface area contributed by atoms with E-state index >= 15 is 0 Å². The quantitative estimate of drug-likeness (QED) is 0.414. The zero-order chi connectivity index (χ0) is 15.0. The van der Waals surface area contributed by atoms with Crippen molar-refractivity contribution in [2.75, 3.05) is 14.2 Å². The van der Waals surface area contributed by atoms with Gasteiger partial charge in [-0.15, -0.1) is 6.58 Å². The highest BCUT2D eigenvalue weighted by Crippen LogP contribution is 2.28. The maximum absolute atomic E-state index is 11.9. The molecular weight excluding hydrogens is 262 g/mol. The largest absolute Gasteiger partial charge is 0.469 e. The first kappa shape index (κ1) is 16.2. The maximum atomic E-state index is 11.9. The Kier molecular flexibility index (Phi) is 6.24. The van der Waals surface area contributed by atoms with Crippen molar-refractivity contribution in [3.05, 3.63) is 24.4 Å². The van der Waals surface area contributed by atoms with Crippen LogP contribution in [-0.4, -0.2) is 31.8 Å². The molecule has 6 heteroatoms. The highest BCUT2D eigenvalue weighted by Gasteiger charge is 2.46. The van der Waals surface area contributed by atoms with E-state index in [-0.39, 0.29) is 6.42 Å². The third-order valence-electron chi connectivity index (χ3n) is 3.04. The normalized spacial score (nSPS) is 20.8. The number of allylic oxidation sites excluding steroid dienone is 2. The standard InChI is InChI=1S/C14H21NO5/c1-4-5-6-7-8-11-9-14(20-15-11,13(17)19-3)10-12(16)18-2/h4,9,15H,1,5-8,10H2,2-3H3. The van der Waals surface area contributed by atoms with Crippen LogP contribution in [0.4, 0.5) is 0 Å². The van der Waals surface area contributed by atoms with Gasteiger partial charge in [-0.2, -0.15) is 0 Å². The minimum Gasteiger partial charge on any atom is -0.469 e. The van der Waals surface area contributed by atoms with E-state index in [0.29, 0.717) is 0 Å². The molecule has 1 N–H and O–H groups in total. The van der Waals surface area contributed by atoms with Crippen molar-refractivity contribution >= 4 is 11.9 Å². The Morgan fingerprint density at radius 2 is 2.15 bits per heavy atom. The van der Waals surface area contributed by atoms with E-state index < -0.39 is 17.5 Å². The smallest absolute Gasteiger partial charge is 0.345 e. The van der Waals surface area contributed by atoms with E-state index in [9.17, 15) is 9.59 Å². The summed E-state index contributed by atoms with van der Waals surface area (Å²) in [7, 11) is 2.51. The van der Waals surface area contributed by atoms with Crippen LogP contribution in [0.3, 0.4) is 0 Å². The van der Waals surface area contributed by atoms with E-state index in [4.69, 9.17) is 9.57 Å². The van der Waals surface area contributed by atoms with Crippen LogP contribution in [0.25, 0.3) is 0 Å². The fourth-order valence-electron chi connectivity index (χ4n) is 1.94. The minimum absolute atomic E-state index is 0.223. The summed E-state index contributed by atoms with van der Waals surface area (Å²) in [6, 6.07) is 0. The van der Waals surface area contributed by atoms with Gasteiger partial charge in [0.1, 0.15) is 0 Å². The van der Waals surface area contributed by atoms with Crippen LogP contribution in [-0.2, 0) is 23.9 Å². The lowest BCUT2D eigenvalue weighted by atomic mass is 9.98. The SMILES string of the molecule is C=CCCCCC1=CC(CC(=O)OC)(C(=O)OC)ON1. The zero-order valence-corrected chi connectivity index (χ0v) is 11.9. The van der Waals surface area contributed by atoms with Gasteiger partial charge in [0.2, 0.25) is 5.60 Å². The molecular formula is C14H21NO5. The van der Waals surface area contributed by atoms with Gasteiger partial charge in [-0.05, 0) is 31.8 Å². The third-order valence-corrected chi connectivity index (χ3v) is 3.04. The molecule has 0 aromatic heterocycles. The summed E-state index contributed by atoms with van der Waals surface area (Å²) in [5.74, 6) is -1.17. The average molecular weight is 283 g/mol. The summed E-state index contributed by atoms with van der Waals surface area (Å²) in [5.41, 5.74) is 2.03. The van der Waals surface area contributed by atoms with E-state index in [0.717, 1.165) is 31.4 Å². The molecule has 0 saturated carbocycles. The Hall–Kier alpha value is -1.82. The maximum Gasteiger partial charge on any atom is 0.345 e. The van der Waals surface area contributed by atoms with E-state index in [1.807, 2.05) is 6.08 Å². The summed E-state index contributed by atoms with van der Waals surface area (Å²) >= 11 is 0. The molecule has 1 aliphatic heterocycles. The number of rotatable bonds is 8. The summed E-state index contributed by atoms with van der Waals surface area (Å²) in [4.78, 5) is 28.6. The number of nitrogens with one attached hydrogen (secondary N) is 1. The van der Waals surface area contributed by atoms with Crippen molar-refractivity contribution < 1.29 is 23.9 Å². The number of hydrogen-bond acceptors (Lipinski definition) is 6. The summed E-state index contributed by atoms with van der Waals surface area (Å²) in [6.07, 6.45) is 6.85.